The molecule has 0 N–H and O–H groups in total. The van der Waals surface area contributed by atoms with Crippen LogP contribution < -0.4 is 0 Å². The Morgan fingerprint density at radius 1 is 1.12 bits per heavy atom. The second-order valence-electron chi connectivity index (χ2n) is 7.01. The third kappa shape index (κ3) is 3.78. The summed E-state index contributed by atoms with van der Waals surface area (Å²) in [6.07, 6.45) is 6.59. The first-order valence-electron chi connectivity index (χ1n) is 8.92. The fourth-order valence-corrected chi connectivity index (χ4v) is 4.49. The van der Waals surface area contributed by atoms with Gasteiger partial charge in [-0.15, -0.1) is 0 Å². The molecule has 1 aliphatic heterocycles. The summed E-state index contributed by atoms with van der Waals surface area (Å²) >= 11 is 6.27. The summed E-state index contributed by atoms with van der Waals surface area (Å²) in [5.74, 6) is 1.10. The molecule has 2 aliphatic rings. The van der Waals surface area contributed by atoms with Gasteiger partial charge in [-0.2, -0.15) is 0 Å². The highest BCUT2D eigenvalue weighted by Gasteiger charge is 2.33. The Kier molecular flexibility index (Phi) is 5.87. The van der Waals surface area contributed by atoms with Crippen LogP contribution >= 0.6 is 11.6 Å². The van der Waals surface area contributed by atoms with Crippen molar-refractivity contribution in [2.24, 2.45) is 5.92 Å². The predicted octanol–water partition coefficient (Wildman–Crippen LogP) is 4.12. The highest BCUT2D eigenvalue weighted by Crippen LogP contribution is 2.42. The number of likely N-dealkylation sites (tertiary alicyclic amines) is 1. The average Bonchev–Trinajstić information content (AvgIpc) is 2.81. The maximum Gasteiger partial charge on any atom is 0.106 e. The minimum atomic E-state index is 0.426. The number of fused-ring (bicyclic) bond motifs is 2. The Morgan fingerprint density at radius 2 is 1.84 bits per heavy atom. The van der Waals surface area contributed by atoms with Gasteiger partial charge < -0.3 is 9.69 Å². The van der Waals surface area contributed by atoms with Gasteiger partial charge >= 0.3 is 0 Å². The van der Waals surface area contributed by atoms with Gasteiger partial charge in [-0.05, 0) is 86.6 Å². The molecule has 0 spiro atoms. The molecule has 1 fully saturated rings. The number of hydrogen-bond acceptors (Lipinski definition) is 3. The first-order valence-corrected chi connectivity index (χ1v) is 9.29. The molecule has 1 unspecified atom stereocenters. The highest BCUT2D eigenvalue weighted by atomic mass is 35.5. The largest absolute Gasteiger partial charge is 0.307 e. The lowest BCUT2D eigenvalue weighted by molar-refractivity contribution is -0.0979. The van der Waals surface area contributed by atoms with E-state index >= 15 is 0 Å². The molecule has 1 aromatic heterocycles. The normalized spacial score (nSPS) is 20.6. The topological polar surface area (TPSA) is 33.2 Å². The average molecular weight is 357 g/mol. The number of nitrogens with zero attached hydrogens (tertiary/aromatic N) is 2. The molecule has 1 saturated heterocycles. The Balaban J connectivity index is 0.000000880. The van der Waals surface area contributed by atoms with E-state index in [1.165, 1.54) is 48.3 Å². The summed E-state index contributed by atoms with van der Waals surface area (Å²) in [6, 6.07) is 10.8. The fourth-order valence-electron chi connectivity index (χ4n) is 4.29. The van der Waals surface area contributed by atoms with Crippen molar-refractivity contribution in [3.8, 4) is 0 Å². The van der Waals surface area contributed by atoms with E-state index in [1.54, 1.807) is 0 Å². The van der Waals surface area contributed by atoms with Crippen molar-refractivity contribution in [3.05, 3.63) is 63.9 Å². The number of aromatic nitrogens is 1. The molecule has 0 bridgehead atoms. The van der Waals surface area contributed by atoms with Crippen molar-refractivity contribution < 1.29 is 4.79 Å². The first-order chi connectivity index (χ1) is 12.2. The summed E-state index contributed by atoms with van der Waals surface area (Å²) < 4.78 is 0. The Bertz CT molecular complexity index is 726. The summed E-state index contributed by atoms with van der Waals surface area (Å²) in [7, 11) is 2.23. The van der Waals surface area contributed by atoms with Gasteiger partial charge in [-0.25, -0.2) is 0 Å². The lowest BCUT2D eigenvalue weighted by Crippen LogP contribution is -2.33. The maximum atomic E-state index is 8.00. The zero-order chi connectivity index (χ0) is 17.8. The van der Waals surface area contributed by atoms with Crippen LogP contribution in [0.15, 0.2) is 36.5 Å². The van der Waals surface area contributed by atoms with Crippen LogP contribution in [0.4, 0.5) is 0 Å². The molecule has 1 aromatic carbocycles. The van der Waals surface area contributed by atoms with Gasteiger partial charge in [0.25, 0.3) is 0 Å². The van der Waals surface area contributed by atoms with Crippen LogP contribution in [0.2, 0.25) is 5.02 Å². The molecule has 25 heavy (non-hydrogen) atoms. The van der Waals surface area contributed by atoms with Crippen LogP contribution in [-0.4, -0.2) is 36.8 Å². The monoisotopic (exact) mass is 356 g/mol. The summed E-state index contributed by atoms with van der Waals surface area (Å²) in [5.41, 5.74) is 5.60. The number of piperidine rings is 1. The number of pyridine rings is 1. The van der Waals surface area contributed by atoms with Crippen LogP contribution in [-0.2, 0) is 17.6 Å². The van der Waals surface area contributed by atoms with Crippen LogP contribution in [0.1, 0.15) is 41.1 Å². The van der Waals surface area contributed by atoms with E-state index in [4.69, 9.17) is 21.4 Å². The SMILES string of the molecule is C=O.CN1CCC(C2c3ccc(Cl)cc3CCc3cccnc32)CC1. The van der Waals surface area contributed by atoms with E-state index < -0.39 is 0 Å². The maximum absolute atomic E-state index is 8.00. The molecular weight excluding hydrogens is 332 g/mol. The molecule has 2 heterocycles. The minimum absolute atomic E-state index is 0.426. The first kappa shape index (κ1) is 18.1. The van der Waals surface area contributed by atoms with Crippen molar-refractivity contribution in [2.45, 2.75) is 31.6 Å². The second kappa shape index (κ2) is 8.11. The van der Waals surface area contributed by atoms with Gasteiger partial charge in [-0.1, -0.05) is 23.7 Å². The van der Waals surface area contributed by atoms with Gasteiger partial charge in [0, 0.05) is 17.1 Å². The zero-order valence-electron chi connectivity index (χ0n) is 14.7. The molecule has 0 amide bonds. The van der Waals surface area contributed by atoms with Crippen molar-refractivity contribution >= 4 is 18.4 Å². The molecule has 1 aliphatic carbocycles. The Morgan fingerprint density at radius 3 is 2.60 bits per heavy atom. The summed E-state index contributed by atoms with van der Waals surface area (Å²) in [4.78, 5) is 15.3. The number of hydrogen-bond donors (Lipinski definition) is 0. The third-order valence-corrected chi connectivity index (χ3v) is 5.79. The number of carbonyl (C=O) groups is 1. The minimum Gasteiger partial charge on any atom is -0.307 e. The molecule has 3 nitrogen and oxygen atoms in total. The molecule has 0 radical (unpaired) electrons. The molecule has 1 atom stereocenters. The Hall–Kier alpha value is -1.71. The van der Waals surface area contributed by atoms with Crippen LogP contribution in [0.5, 0.6) is 0 Å². The van der Waals surface area contributed by atoms with E-state index in [0.29, 0.717) is 11.8 Å². The second-order valence-corrected chi connectivity index (χ2v) is 7.45. The standard InChI is InChI=1S/C20H23ClN2.CH2O/c1-23-11-8-14(9-12-23)19-18-7-6-17(21)13-16(18)5-4-15-3-2-10-22-20(15)19;1-2/h2-3,6-7,10,13-14,19H,4-5,8-9,11-12H2,1H3;1H2. The van der Waals surface area contributed by atoms with Crippen molar-refractivity contribution in [1.29, 1.82) is 0 Å². The molecule has 132 valence electrons. The van der Waals surface area contributed by atoms with E-state index in [0.717, 1.165) is 17.9 Å². The van der Waals surface area contributed by atoms with Crippen LogP contribution in [0, 0.1) is 5.92 Å². The molecule has 4 heteroatoms. The Labute approximate surface area is 155 Å². The quantitative estimate of drug-likeness (QED) is 0.770. The van der Waals surface area contributed by atoms with Crippen molar-refractivity contribution in [3.63, 3.8) is 0 Å². The predicted molar refractivity (Wildman–Crippen MR) is 102 cm³/mol. The van der Waals surface area contributed by atoms with Crippen molar-refractivity contribution in [2.75, 3.05) is 20.1 Å². The van der Waals surface area contributed by atoms with Gasteiger partial charge in [0.05, 0.1) is 5.69 Å². The molecule has 4 rings (SSSR count). The lowest BCUT2D eigenvalue weighted by atomic mass is 9.76. The smallest absolute Gasteiger partial charge is 0.106 e. The van der Waals surface area contributed by atoms with E-state index in [1.807, 2.05) is 13.0 Å². The number of rotatable bonds is 1. The van der Waals surface area contributed by atoms with Gasteiger partial charge in [0.15, 0.2) is 0 Å². The van der Waals surface area contributed by atoms with Crippen LogP contribution in [0.3, 0.4) is 0 Å². The van der Waals surface area contributed by atoms with E-state index in [-0.39, 0.29) is 0 Å². The summed E-state index contributed by atoms with van der Waals surface area (Å²) in [5, 5.41) is 0.852. The number of halogens is 1. The zero-order valence-corrected chi connectivity index (χ0v) is 15.5. The lowest BCUT2D eigenvalue weighted by Gasteiger charge is -2.35. The molecule has 0 saturated carbocycles. The third-order valence-electron chi connectivity index (χ3n) is 5.56. The number of benzene rings is 1. The number of aryl methyl sites for hydroxylation is 2. The van der Waals surface area contributed by atoms with Gasteiger partial charge in [0.1, 0.15) is 6.79 Å². The van der Waals surface area contributed by atoms with Crippen molar-refractivity contribution in [1.82, 2.24) is 9.88 Å². The number of carbonyl (C=O) groups excluding carboxylic acids is 1. The highest BCUT2D eigenvalue weighted by molar-refractivity contribution is 6.30. The fraction of sp³-hybridized carbons (Fsp3) is 0.429. The van der Waals surface area contributed by atoms with Gasteiger partial charge in [0.2, 0.25) is 0 Å². The molecule has 2 aromatic rings. The van der Waals surface area contributed by atoms with E-state index in [2.05, 4.69) is 42.3 Å². The summed E-state index contributed by atoms with van der Waals surface area (Å²) in [6.45, 7) is 4.37. The van der Waals surface area contributed by atoms with Crippen LogP contribution in [0.25, 0.3) is 0 Å². The van der Waals surface area contributed by atoms with Gasteiger partial charge in [-0.3, -0.25) is 4.98 Å². The van der Waals surface area contributed by atoms with E-state index in [9.17, 15) is 0 Å². The molecular formula is C21H25ClN2O.